The molecule has 0 saturated carbocycles. The lowest BCUT2D eigenvalue weighted by molar-refractivity contribution is -0.152. The number of ether oxygens (including phenoxy) is 1. The Balaban J connectivity index is 3.04. The van der Waals surface area contributed by atoms with E-state index in [1.54, 1.807) is 0 Å². The lowest BCUT2D eigenvalue weighted by Crippen LogP contribution is -2.19. The van der Waals surface area contributed by atoms with Crippen LogP contribution in [0.25, 0.3) is 0 Å². The molecule has 0 fully saturated rings. The molecule has 1 atom stereocenters. The minimum Gasteiger partial charge on any atom is -0.464 e. The summed E-state index contributed by atoms with van der Waals surface area (Å²) in [5.74, 6) is -0.504. The van der Waals surface area contributed by atoms with Crippen molar-refractivity contribution in [1.82, 2.24) is 0 Å². The van der Waals surface area contributed by atoms with Gasteiger partial charge in [-0.05, 0) is 13.3 Å². The van der Waals surface area contributed by atoms with Crippen molar-refractivity contribution in [2.75, 3.05) is 6.61 Å². The lowest BCUT2D eigenvalue weighted by atomic mass is 10.0. The first-order valence-electron chi connectivity index (χ1n) is 10.5. The molecule has 144 valence electrons. The van der Waals surface area contributed by atoms with Crippen LogP contribution in [0.3, 0.4) is 0 Å². The van der Waals surface area contributed by atoms with E-state index >= 15 is 0 Å². The third-order valence-corrected chi connectivity index (χ3v) is 4.58. The first-order valence-corrected chi connectivity index (χ1v) is 10.5. The van der Waals surface area contributed by atoms with Gasteiger partial charge in [-0.2, -0.15) is 0 Å². The Morgan fingerprint density at radius 2 is 1.04 bits per heavy atom. The number of unbranched alkanes of at least 4 members (excludes halogenated alkanes) is 15. The van der Waals surface area contributed by atoms with Gasteiger partial charge < -0.3 is 9.84 Å². The van der Waals surface area contributed by atoms with Crippen molar-refractivity contribution in [3.8, 4) is 0 Å². The number of carbonyl (C=O) groups excluding carboxylic acids is 1. The number of rotatable bonds is 18. The first kappa shape index (κ1) is 23.4. The summed E-state index contributed by atoms with van der Waals surface area (Å²) in [5.41, 5.74) is 0. The van der Waals surface area contributed by atoms with Crippen LogP contribution in [0, 0.1) is 0 Å². The average molecular weight is 343 g/mol. The van der Waals surface area contributed by atoms with Crippen LogP contribution in [0.15, 0.2) is 0 Å². The second-order valence-corrected chi connectivity index (χ2v) is 7.15. The second-order valence-electron chi connectivity index (χ2n) is 7.15. The Morgan fingerprint density at radius 3 is 1.38 bits per heavy atom. The standard InChI is InChI=1S/C21H42O3/c1-3-4-5-6-7-8-9-10-11-12-13-14-15-16-17-18-19-24-21(23)20(2)22/h20,22H,3-19H2,1-2H3/t20-/m0/s1. The van der Waals surface area contributed by atoms with Crippen molar-refractivity contribution in [3.05, 3.63) is 0 Å². The van der Waals surface area contributed by atoms with Gasteiger partial charge in [0.2, 0.25) is 0 Å². The molecule has 0 amide bonds. The number of esters is 1. The SMILES string of the molecule is CCCCCCCCCCCCCCCCCCOC(=O)[C@H](C)O. The van der Waals surface area contributed by atoms with Crippen molar-refractivity contribution in [1.29, 1.82) is 0 Å². The number of aliphatic hydroxyl groups is 1. The fourth-order valence-corrected chi connectivity index (χ4v) is 2.94. The third kappa shape index (κ3) is 17.8. The van der Waals surface area contributed by atoms with E-state index in [4.69, 9.17) is 9.84 Å². The summed E-state index contributed by atoms with van der Waals surface area (Å²) in [6.45, 7) is 4.16. The monoisotopic (exact) mass is 342 g/mol. The summed E-state index contributed by atoms with van der Waals surface area (Å²) < 4.78 is 4.93. The fraction of sp³-hybridized carbons (Fsp3) is 0.952. The molecule has 0 aromatic heterocycles. The molecule has 0 bridgehead atoms. The summed E-state index contributed by atoms with van der Waals surface area (Å²) >= 11 is 0. The highest BCUT2D eigenvalue weighted by Crippen LogP contribution is 2.13. The quantitative estimate of drug-likeness (QED) is 0.239. The van der Waals surface area contributed by atoms with Gasteiger partial charge in [0.1, 0.15) is 6.10 Å². The molecule has 0 aromatic carbocycles. The van der Waals surface area contributed by atoms with Crippen molar-refractivity contribution in [2.24, 2.45) is 0 Å². The molecule has 0 aliphatic rings. The molecule has 0 heterocycles. The Hall–Kier alpha value is -0.570. The van der Waals surface area contributed by atoms with Crippen LogP contribution in [0.4, 0.5) is 0 Å². The van der Waals surface area contributed by atoms with Gasteiger partial charge in [0.15, 0.2) is 0 Å². The number of aliphatic hydroxyl groups excluding tert-OH is 1. The maximum absolute atomic E-state index is 11.0. The predicted molar refractivity (Wildman–Crippen MR) is 102 cm³/mol. The largest absolute Gasteiger partial charge is 0.464 e. The highest BCUT2D eigenvalue weighted by Gasteiger charge is 2.08. The Bertz CT molecular complexity index is 264. The van der Waals surface area contributed by atoms with Crippen molar-refractivity contribution in [3.63, 3.8) is 0 Å². The van der Waals surface area contributed by atoms with Crippen molar-refractivity contribution in [2.45, 2.75) is 123 Å². The molecule has 0 saturated heterocycles. The van der Waals surface area contributed by atoms with Crippen LogP contribution in [-0.2, 0) is 9.53 Å². The van der Waals surface area contributed by atoms with Gasteiger partial charge in [-0.3, -0.25) is 0 Å². The molecule has 3 heteroatoms. The Morgan fingerprint density at radius 1 is 0.708 bits per heavy atom. The zero-order chi connectivity index (χ0) is 17.9. The second kappa shape index (κ2) is 18.8. The van der Waals surface area contributed by atoms with Gasteiger partial charge in [0, 0.05) is 0 Å². The maximum atomic E-state index is 11.0. The van der Waals surface area contributed by atoms with Crippen molar-refractivity contribution < 1.29 is 14.6 Å². The fourth-order valence-electron chi connectivity index (χ4n) is 2.94. The molecule has 0 unspecified atom stereocenters. The van der Waals surface area contributed by atoms with Gasteiger partial charge in [0.25, 0.3) is 0 Å². The molecular formula is C21H42O3. The molecular weight excluding hydrogens is 300 g/mol. The van der Waals surface area contributed by atoms with Crippen LogP contribution in [0.5, 0.6) is 0 Å². The van der Waals surface area contributed by atoms with Crippen LogP contribution < -0.4 is 0 Å². The number of hydrogen-bond donors (Lipinski definition) is 1. The van der Waals surface area contributed by atoms with E-state index in [9.17, 15) is 4.79 Å². The third-order valence-electron chi connectivity index (χ3n) is 4.58. The Labute approximate surface area is 150 Å². The molecule has 24 heavy (non-hydrogen) atoms. The number of hydrogen-bond acceptors (Lipinski definition) is 3. The van der Waals surface area contributed by atoms with Gasteiger partial charge in [-0.1, -0.05) is 103 Å². The molecule has 0 aliphatic heterocycles. The molecule has 0 rings (SSSR count). The van der Waals surface area contributed by atoms with Gasteiger partial charge in [-0.15, -0.1) is 0 Å². The average Bonchev–Trinajstić information content (AvgIpc) is 2.57. The van der Waals surface area contributed by atoms with Crippen molar-refractivity contribution >= 4 is 5.97 Å². The lowest BCUT2D eigenvalue weighted by Gasteiger charge is -2.06. The van der Waals surface area contributed by atoms with E-state index in [-0.39, 0.29) is 0 Å². The van der Waals surface area contributed by atoms with Crippen LogP contribution >= 0.6 is 0 Å². The van der Waals surface area contributed by atoms with E-state index in [1.165, 1.54) is 96.8 Å². The first-order chi connectivity index (χ1) is 11.7. The van der Waals surface area contributed by atoms with Crippen LogP contribution in [-0.4, -0.2) is 23.8 Å². The molecule has 0 radical (unpaired) electrons. The van der Waals surface area contributed by atoms with E-state index in [1.807, 2.05) is 0 Å². The van der Waals surface area contributed by atoms with Crippen LogP contribution in [0.1, 0.15) is 117 Å². The van der Waals surface area contributed by atoms with Gasteiger partial charge in [-0.25, -0.2) is 4.79 Å². The summed E-state index contributed by atoms with van der Waals surface area (Å²) in [4.78, 5) is 11.0. The van der Waals surface area contributed by atoms with E-state index in [2.05, 4.69) is 6.92 Å². The summed E-state index contributed by atoms with van der Waals surface area (Å²) in [6, 6.07) is 0. The zero-order valence-corrected chi connectivity index (χ0v) is 16.4. The molecule has 0 aliphatic carbocycles. The molecule has 1 N–H and O–H groups in total. The minimum atomic E-state index is -0.994. The summed E-state index contributed by atoms with van der Waals surface area (Å²) in [7, 11) is 0. The summed E-state index contributed by atoms with van der Waals surface area (Å²) in [5, 5.41) is 8.98. The maximum Gasteiger partial charge on any atom is 0.334 e. The highest BCUT2D eigenvalue weighted by atomic mass is 16.5. The number of carbonyl (C=O) groups is 1. The normalized spacial score (nSPS) is 12.3. The van der Waals surface area contributed by atoms with E-state index in [0.717, 1.165) is 12.8 Å². The predicted octanol–water partition coefficient (Wildman–Crippen LogP) is 6.17. The molecule has 0 aromatic rings. The van der Waals surface area contributed by atoms with Gasteiger partial charge >= 0.3 is 5.97 Å². The minimum absolute atomic E-state index is 0.447. The summed E-state index contributed by atoms with van der Waals surface area (Å²) in [6.07, 6.45) is 20.4. The van der Waals surface area contributed by atoms with Crippen LogP contribution in [0.2, 0.25) is 0 Å². The van der Waals surface area contributed by atoms with Gasteiger partial charge in [0.05, 0.1) is 6.61 Å². The van der Waals surface area contributed by atoms with E-state index < -0.39 is 12.1 Å². The molecule has 0 spiro atoms. The topological polar surface area (TPSA) is 46.5 Å². The highest BCUT2D eigenvalue weighted by molar-refractivity contribution is 5.73. The Kier molecular flexibility index (Phi) is 18.3. The zero-order valence-electron chi connectivity index (χ0n) is 16.4. The smallest absolute Gasteiger partial charge is 0.334 e. The van der Waals surface area contributed by atoms with E-state index in [0.29, 0.717) is 6.61 Å². The molecule has 3 nitrogen and oxygen atoms in total.